The second-order valence-corrected chi connectivity index (χ2v) is 12.4. The predicted octanol–water partition coefficient (Wildman–Crippen LogP) is 3.55. The van der Waals surface area contributed by atoms with Crippen molar-refractivity contribution in [1.29, 1.82) is 5.26 Å². The van der Waals surface area contributed by atoms with Gasteiger partial charge in [0.1, 0.15) is 6.23 Å². The Balaban J connectivity index is 1.22. The number of ether oxygens (including phenoxy) is 1. The maximum atomic E-state index is 9.59. The first-order valence-corrected chi connectivity index (χ1v) is 14.0. The molecule has 0 spiro atoms. The van der Waals surface area contributed by atoms with Crippen molar-refractivity contribution in [2.75, 3.05) is 19.7 Å². The lowest BCUT2D eigenvalue weighted by molar-refractivity contribution is -0.00912. The zero-order chi connectivity index (χ0) is 23.0. The van der Waals surface area contributed by atoms with Crippen LogP contribution in [0.4, 0.5) is 0 Å². The molecular weight excluding hydrogens is 410 g/mol. The average Bonchev–Trinajstić information content (AvgIpc) is 3.29. The van der Waals surface area contributed by atoms with E-state index in [0.717, 1.165) is 49.3 Å². The first-order chi connectivity index (χ1) is 16.0. The molecule has 5 rings (SSSR count). The van der Waals surface area contributed by atoms with Crippen LogP contribution in [0.1, 0.15) is 78.6 Å². The molecule has 8 unspecified atom stereocenters. The highest BCUT2D eigenvalue weighted by Crippen LogP contribution is 2.48. The Labute approximate surface area is 201 Å². The second kappa shape index (κ2) is 10.1. The lowest BCUT2D eigenvalue weighted by Crippen LogP contribution is -2.59. The van der Waals surface area contributed by atoms with Gasteiger partial charge in [0.05, 0.1) is 11.5 Å². The molecular formula is C27H47N5O. The highest BCUT2D eigenvalue weighted by atomic mass is 16.5. The Morgan fingerprint density at radius 2 is 1.61 bits per heavy atom. The molecule has 2 saturated carbocycles. The molecule has 3 saturated heterocycles. The lowest BCUT2D eigenvalue weighted by Gasteiger charge is -2.50. The van der Waals surface area contributed by atoms with Gasteiger partial charge in [0, 0.05) is 37.8 Å². The van der Waals surface area contributed by atoms with E-state index >= 15 is 0 Å². The molecule has 5 fully saturated rings. The summed E-state index contributed by atoms with van der Waals surface area (Å²) in [6.45, 7) is 9.42. The SMILES string of the molecule is CCOC1CCC(C2CCC3NCC4NNC(C5CCC(C(C)(C)C#N)CC5)C4C3C2)CN1. The van der Waals surface area contributed by atoms with Crippen LogP contribution < -0.4 is 21.5 Å². The summed E-state index contributed by atoms with van der Waals surface area (Å²) in [5, 5.41) is 17.2. The Kier molecular flexibility index (Phi) is 7.35. The quantitative estimate of drug-likeness (QED) is 0.506. The average molecular weight is 458 g/mol. The van der Waals surface area contributed by atoms with Crippen molar-refractivity contribution >= 4 is 0 Å². The zero-order valence-corrected chi connectivity index (χ0v) is 21.1. The molecule has 0 aromatic rings. The van der Waals surface area contributed by atoms with Gasteiger partial charge in [-0.3, -0.25) is 16.2 Å². The number of nitrogens with zero attached hydrogens (tertiary/aromatic N) is 1. The van der Waals surface area contributed by atoms with Gasteiger partial charge >= 0.3 is 0 Å². The number of nitriles is 1. The van der Waals surface area contributed by atoms with Crippen molar-refractivity contribution in [3.63, 3.8) is 0 Å². The fourth-order valence-electron chi connectivity index (χ4n) is 8.34. The Hall–Kier alpha value is -0.710. The number of hydrazine groups is 1. The third-order valence-electron chi connectivity index (χ3n) is 10.4. The van der Waals surface area contributed by atoms with Crippen LogP contribution in [0.3, 0.4) is 0 Å². The van der Waals surface area contributed by atoms with Crippen LogP contribution in [-0.4, -0.2) is 44.0 Å². The molecule has 0 amide bonds. The Morgan fingerprint density at radius 3 is 2.30 bits per heavy atom. The maximum Gasteiger partial charge on any atom is 0.108 e. The van der Waals surface area contributed by atoms with Crippen LogP contribution in [0.2, 0.25) is 0 Å². The smallest absolute Gasteiger partial charge is 0.108 e. The Morgan fingerprint density at radius 1 is 0.848 bits per heavy atom. The van der Waals surface area contributed by atoms with Gasteiger partial charge in [-0.1, -0.05) is 0 Å². The summed E-state index contributed by atoms with van der Waals surface area (Å²) in [5.41, 5.74) is 7.33. The molecule has 5 aliphatic rings. The fraction of sp³-hybridized carbons (Fsp3) is 0.963. The van der Waals surface area contributed by atoms with Gasteiger partial charge in [-0.2, -0.15) is 5.26 Å². The third kappa shape index (κ3) is 4.86. The van der Waals surface area contributed by atoms with Crippen LogP contribution >= 0.6 is 0 Å². The van der Waals surface area contributed by atoms with E-state index in [1.807, 2.05) is 0 Å². The topological polar surface area (TPSA) is 81.1 Å². The van der Waals surface area contributed by atoms with Crippen LogP contribution in [0.5, 0.6) is 0 Å². The molecule has 6 heteroatoms. The minimum atomic E-state index is -0.180. The minimum Gasteiger partial charge on any atom is -0.364 e. The van der Waals surface area contributed by atoms with E-state index in [2.05, 4.69) is 48.3 Å². The predicted molar refractivity (Wildman–Crippen MR) is 131 cm³/mol. The molecule has 2 aliphatic carbocycles. The molecule has 0 aromatic carbocycles. The molecule has 4 N–H and O–H groups in total. The molecule has 33 heavy (non-hydrogen) atoms. The summed E-state index contributed by atoms with van der Waals surface area (Å²) < 4.78 is 5.82. The van der Waals surface area contributed by atoms with Gasteiger partial charge in [-0.15, -0.1) is 0 Å². The number of piperidine rings is 2. The van der Waals surface area contributed by atoms with Crippen molar-refractivity contribution in [3.8, 4) is 6.07 Å². The molecule has 3 aliphatic heterocycles. The van der Waals surface area contributed by atoms with E-state index in [0.29, 0.717) is 24.0 Å². The number of hydrogen-bond acceptors (Lipinski definition) is 6. The fourth-order valence-corrected chi connectivity index (χ4v) is 8.34. The van der Waals surface area contributed by atoms with Gasteiger partial charge < -0.3 is 10.1 Å². The number of hydrogen-bond donors (Lipinski definition) is 4. The summed E-state index contributed by atoms with van der Waals surface area (Å²) in [6.07, 6.45) is 11.9. The van der Waals surface area contributed by atoms with E-state index in [1.165, 1.54) is 57.8 Å². The van der Waals surface area contributed by atoms with Gasteiger partial charge in [-0.05, 0) is 114 Å². The monoisotopic (exact) mass is 457 g/mol. The van der Waals surface area contributed by atoms with Gasteiger partial charge in [-0.25, -0.2) is 0 Å². The standard InChI is InChI=1S/C27H47N5O/c1-4-33-24-12-8-19(14-30-24)18-7-11-22-21(13-18)25-23(15-29-22)31-32-26(25)17-5-9-20(10-6-17)27(2,3)16-28/h17-26,29-32H,4-15H2,1-3H3. The summed E-state index contributed by atoms with van der Waals surface area (Å²) in [6, 6.07) is 4.44. The first-order valence-electron chi connectivity index (χ1n) is 14.0. The van der Waals surface area contributed by atoms with Gasteiger partial charge in [0.25, 0.3) is 0 Å². The molecule has 8 atom stereocenters. The molecule has 6 nitrogen and oxygen atoms in total. The van der Waals surface area contributed by atoms with Crippen molar-refractivity contribution in [1.82, 2.24) is 21.5 Å². The molecule has 186 valence electrons. The highest BCUT2D eigenvalue weighted by molar-refractivity contribution is 5.08. The van der Waals surface area contributed by atoms with Crippen LogP contribution in [0.25, 0.3) is 0 Å². The minimum absolute atomic E-state index is 0.180. The number of rotatable bonds is 5. The van der Waals surface area contributed by atoms with E-state index < -0.39 is 0 Å². The van der Waals surface area contributed by atoms with Gasteiger partial charge in [0.15, 0.2) is 0 Å². The number of nitrogens with one attached hydrogen (secondary N) is 4. The molecule has 0 bridgehead atoms. The van der Waals surface area contributed by atoms with Crippen LogP contribution in [0, 0.1) is 52.3 Å². The summed E-state index contributed by atoms with van der Waals surface area (Å²) >= 11 is 0. The van der Waals surface area contributed by atoms with E-state index in [9.17, 15) is 5.26 Å². The second-order valence-electron chi connectivity index (χ2n) is 12.4. The Bertz CT molecular complexity index is 691. The summed E-state index contributed by atoms with van der Waals surface area (Å²) in [4.78, 5) is 0. The molecule has 3 heterocycles. The van der Waals surface area contributed by atoms with Crippen molar-refractivity contribution < 1.29 is 4.74 Å². The van der Waals surface area contributed by atoms with E-state index in [-0.39, 0.29) is 11.6 Å². The van der Waals surface area contributed by atoms with Crippen molar-refractivity contribution in [3.05, 3.63) is 0 Å². The van der Waals surface area contributed by atoms with E-state index in [1.54, 1.807) is 0 Å². The summed E-state index contributed by atoms with van der Waals surface area (Å²) in [7, 11) is 0. The first kappa shape index (κ1) is 24.0. The van der Waals surface area contributed by atoms with Crippen LogP contribution in [0.15, 0.2) is 0 Å². The van der Waals surface area contributed by atoms with E-state index in [4.69, 9.17) is 4.74 Å². The number of fused-ring (bicyclic) bond motifs is 3. The summed E-state index contributed by atoms with van der Waals surface area (Å²) in [5.74, 6) is 4.51. The third-order valence-corrected chi connectivity index (χ3v) is 10.4. The largest absolute Gasteiger partial charge is 0.364 e. The normalized spacial score (nSPS) is 46.2. The lowest BCUT2D eigenvalue weighted by atomic mass is 9.60. The van der Waals surface area contributed by atoms with Crippen molar-refractivity contribution in [2.45, 2.75) is 103 Å². The zero-order valence-electron chi connectivity index (χ0n) is 21.1. The molecule has 0 radical (unpaired) electrons. The molecule has 0 aromatic heterocycles. The highest BCUT2D eigenvalue weighted by Gasteiger charge is 2.52. The van der Waals surface area contributed by atoms with Crippen LogP contribution in [-0.2, 0) is 4.74 Å². The maximum absolute atomic E-state index is 9.59. The van der Waals surface area contributed by atoms with Gasteiger partial charge in [0.2, 0.25) is 0 Å². The van der Waals surface area contributed by atoms with Crippen molar-refractivity contribution in [2.24, 2.45) is 40.9 Å².